The summed E-state index contributed by atoms with van der Waals surface area (Å²) in [4.78, 5) is 4.68. The van der Waals surface area contributed by atoms with Gasteiger partial charge in [-0.25, -0.2) is 4.39 Å². The van der Waals surface area contributed by atoms with Gasteiger partial charge in [-0.2, -0.15) is 0 Å². The van der Waals surface area contributed by atoms with Crippen molar-refractivity contribution in [3.05, 3.63) is 34.1 Å². The van der Waals surface area contributed by atoms with Crippen LogP contribution < -0.4 is 0 Å². The minimum Gasteiger partial charge on any atom is -0.304 e. The van der Waals surface area contributed by atoms with Crippen molar-refractivity contribution < 1.29 is 4.39 Å². The molecule has 16 heavy (non-hydrogen) atoms. The minimum atomic E-state index is -0.160. The zero-order valence-corrected chi connectivity index (χ0v) is 11.0. The molecule has 0 aromatic heterocycles. The molecule has 0 amide bonds. The summed E-state index contributed by atoms with van der Waals surface area (Å²) in [6.45, 7) is 5.12. The van der Waals surface area contributed by atoms with Gasteiger partial charge in [-0.3, -0.25) is 4.90 Å². The van der Waals surface area contributed by atoms with Crippen LogP contribution in [-0.2, 0) is 6.54 Å². The zero-order chi connectivity index (χ0) is 11.5. The van der Waals surface area contributed by atoms with Crippen LogP contribution in [0.2, 0.25) is 0 Å². The molecule has 4 heteroatoms. The highest BCUT2D eigenvalue weighted by Crippen LogP contribution is 2.20. The first-order valence-electron chi connectivity index (χ1n) is 5.50. The molecule has 0 spiro atoms. The fourth-order valence-electron chi connectivity index (χ4n) is 1.91. The highest BCUT2D eigenvalue weighted by molar-refractivity contribution is 9.10. The van der Waals surface area contributed by atoms with Gasteiger partial charge in [0.05, 0.1) is 0 Å². The number of halogens is 2. The summed E-state index contributed by atoms with van der Waals surface area (Å²) in [6.07, 6.45) is 0. The molecule has 88 valence electrons. The summed E-state index contributed by atoms with van der Waals surface area (Å²) in [5.74, 6) is -0.160. The number of likely N-dealkylation sites (N-methyl/N-ethyl adjacent to an activating group) is 1. The minimum absolute atomic E-state index is 0.160. The Balaban J connectivity index is 2.00. The van der Waals surface area contributed by atoms with Crippen molar-refractivity contribution in [1.82, 2.24) is 9.80 Å². The maximum atomic E-state index is 13.1. The number of rotatable bonds is 2. The first kappa shape index (κ1) is 12.0. The molecule has 2 nitrogen and oxygen atoms in total. The maximum absolute atomic E-state index is 13.1. The van der Waals surface area contributed by atoms with E-state index in [0.717, 1.165) is 42.8 Å². The van der Waals surface area contributed by atoms with E-state index in [4.69, 9.17) is 0 Å². The Morgan fingerprint density at radius 2 is 1.94 bits per heavy atom. The molecule has 1 aromatic rings. The number of hydrogen-bond acceptors (Lipinski definition) is 2. The molecule has 1 fully saturated rings. The van der Waals surface area contributed by atoms with E-state index in [0.29, 0.717) is 0 Å². The summed E-state index contributed by atoms with van der Waals surface area (Å²) in [7, 11) is 2.13. The average molecular weight is 287 g/mol. The second-order valence-corrected chi connectivity index (χ2v) is 5.17. The molecule has 0 atom stereocenters. The molecular weight excluding hydrogens is 271 g/mol. The van der Waals surface area contributed by atoms with E-state index in [2.05, 4.69) is 32.8 Å². The summed E-state index contributed by atoms with van der Waals surface area (Å²) < 4.78 is 14.1. The SMILES string of the molecule is CN1CCN(Cc2cc(F)ccc2Br)CC1. The second kappa shape index (κ2) is 5.25. The molecule has 1 aliphatic heterocycles. The van der Waals surface area contributed by atoms with E-state index < -0.39 is 0 Å². The maximum Gasteiger partial charge on any atom is 0.123 e. The van der Waals surface area contributed by atoms with Crippen molar-refractivity contribution in [3.8, 4) is 0 Å². The van der Waals surface area contributed by atoms with Crippen LogP contribution >= 0.6 is 15.9 Å². The van der Waals surface area contributed by atoms with Crippen LogP contribution in [0.1, 0.15) is 5.56 Å². The van der Waals surface area contributed by atoms with E-state index >= 15 is 0 Å². The van der Waals surface area contributed by atoms with Crippen molar-refractivity contribution in [2.24, 2.45) is 0 Å². The van der Waals surface area contributed by atoms with E-state index in [1.807, 2.05) is 0 Å². The van der Waals surface area contributed by atoms with Crippen LogP contribution in [0.4, 0.5) is 4.39 Å². The van der Waals surface area contributed by atoms with Crippen LogP contribution in [-0.4, -0.2) is 43.0 Å². The van der Waals surface area contributed by atoms with Gasteiger partial charge in [0.2, 0.25) is 0 Å². The summed E-state index contributed by atoms with van der Waals surface area (Å²) in [6, 6.07) is 4.88. The normalized spacial score (nSPS) is 18.9. The van der Waals surface area contributed by atoms with Crippen molar-refractivity contribution in [1.29, 1.82) is 0 Å². The highest BCUT2D eigenvalue weighted by Gasteiger charge is 2.15. The topological polar surface area (TPSA) is 6.48 Å². The Labute approximate surface area is 104 Å². The standard InChI is InChI=1S/C12H16BrFN2/c1-15-4-6-16(7-5-15)9-10-8-11(14)2-3-12(10)13/h2-3,8H,4-7,9H2,1H3. The number of benzene rings is 1. The lowest BCUT2D eigenvalue weighted by molar-refractivity contribution is 0.148. The largest absolute Gasteiger partial charge is 0.304 e. The van der Waals surface area contributed by atoms with Crippen molar-refractivity contribution in [2.75, 3.05) is 33.2 Å². The van der Waals surface area contributed by atoms with Gasteiger partial charge in [-0.1, -0.05) is 15.9 Å². The van der Waals surface area contributed by atoms with E-state index in [1.54, 1.807) is 12.1 Å². The molecular formula is C12H16BrFN2. The van der Waals surface area contributed by atoms with Crippen LogP contribution in [0.5, 0.6) is 0 Å². The molecule has 0 N–H and O–H groups in total. The molecule has 2 rings (SSSR count). The van der Waals surface area contributed by atoms with Crippen molar-refractivity contribution >= 4 is 15.9 Å². The highest BCUT2D eigenvalue weighted by atomic mass is 79.9. The Morgan fingerprint density at radius 3 is 2.62 bits per heavy atom. The lowest BCUT2D eigenvalue weighted by Gasteiger charge is -2.32. The van der Waals surface area contributed by atoms with Crippen LogP contribution in [0, 0.1) is 5.82 Å². The van der Waals surface area contributed by atoms with Gasteiger partial charge < -0.3 is 4.90 Å². The summed E-state index contributed by atoms with van der Waals surface area (Å²) in [5, 5.41) is 0. The Morgan fingerprint density at radius 1 is 1.25 bits per heavy atom. The molecule has 1 aliphatic rings. The van der Waals surface area contributed by atoms with Crippen LogP contribution in [0.3, 0.4) is 0 Å². The first-order chi connectivity index (χ1) is 7.65. The van der Waals surface area contributed by atoms with Crippen molar-refractivity contribution in [2.45, 2.75) is 6.54 Å². The fraction of sp³-hybridized carbons (Fsp3) is 0.500. The molecule has 0 saturated carbocycles. The fourth-order valence-corrected chi connectivity index (χ4v) is 2.28. The summed E-state index contributed by atoms with van der Waals surface area (Å²) >= 11 is 3.47. The first-order valence-corrected chi connectivity index (χ1v) is 6.29. The molecule has 1 aromatic carbocycles. The van der Waals surface area contributed by atoms with Gasteiger partial charge in [0, 0.05) is 37.2 Å². The number of nitrogens with zero attached hydrogens (tertiary/aromatic N) is 2. The quantitative estimate of drug-likeness (QED) is 0.824. The third-order valence-corrected chi connectivity index (χ3v) is 3.77. The van der Waals surface area contributed by atoms with Gasteiger partial charge in [0.25, 0.3) is 0 Å². The smallest absolute Gasteiger partial charge is 0.123 e. The second-order valence-electron chi connectivity index (χ2n) is 4.32. The van der Waals surface area contributed by atoms with Gasteiger partial charge in [-0.05, 0) is 30.8 Å². The Bertz CT molecular complexity index is 362. The molecule has 0 aliphatic carbocycles. The predicted molar refractivity (Wildman–Crippen MR) is 66.9 cm³/mol. The van der Waals surface area contributed by atoms with Gasteiger partial charge in [0.1, 0.15) is 5.82 Å². The Hall–Kier alpha value is -0.450. The Kier molecular flexibility index (Phi) is 3.95. The monoisotopic (exact) mass is 286 g/mol. The third kappa shape index (κ3) is 3.03. The number of piperazine rings is 1. The zero-order valence-electron chi connectivity index (χ0n) is 9.42. The number of hydrogen-bond donors (Lipinski definition) is 0. The van der Waals surface area contributed by atoms with Gasteiger partial charge in [0.15, 0.2) is 0 Å². The predicted octanol–water partition coefficient (Wildman–Crippen LogP) is 2.34. The third-order valence-electron chi connectivity index (χ3n) is 3.00. The van der Waals surface area contributed by atoms with E-state index in [9.17, 15) is 4.39 Å². The molecule has 1 heterocycles. The molecule has 0 bridgehead atoms. The molecule has 1 saturated heterocycles. The van der Waals surface area contributed by atoms with Gasteiger partial charge >= 0.3 is 0 Å². The average Bonchev–Trinajstić information content (AvgIpc) is 2.27. The van der Waals surface area contributed by atoms with Crippen LogP contribution in [0.25, 0.3) is 0 Å². The summed E-state index contributed by atoms with van der Waals surface area (Å²) in [5.41, 5.74) is 1.03. The van der Waals surface area contributed by atoms with Gasteiger partial charge in [-0.15, -0.1) is 0 Å². The molecule has 0 unspecified atom stereocenters. The lowest BCUT2D eigenvalue weighted by atomic mass is 10.2. The van der Waals surface area contributed by atoms with Crippen molar-refractivity contribution in [3.63, 3.8) is 0 Å². The lowest BCUT2D eigenvalue weighted by Crippen LogP contribution is -2.43. The van der Waals surface area contributed by atoms with E-state index in [-0.39, 0.29) is 5.82 Å². The van der Waals surface area contributed by atoms with E-state index in [1.165, 1.54) is 6.07 Å². The molecule has 0 radical (unpaired) electrons. The van der Waals surface area contributed by atoms with Crippen LogP contribution in [0.15, 0.2) is 22.7 Å².